The molecule has 0 radical (unpaired) electrons. The molecule has 1 unspecified atom stereocenters. The zero-order chi connectivity index (χ0) is 17.6. The fourth-order valence-electron chi connectivity index (χ4n) is 3.06. The molecule has 1 aromatic carbocycles. The van der Waals surface area contributed by atoms with Gasteiger partial charge in [0.15, 0.2) is 5.76 Å². The Morgan fingerprint density at radius 2 is 2.08 bits per heavy atom. The highest BCUT2D eigenvalue weighted by Crippen LogP contribution is 2.20. The molecule has 0 saturated carbocycles. The molecule has 25 heavy (non-hydrogen) atoms. The number of carbonyl (C=O) groups is 2. The summed E-state index contributed by atoms with van der Waals surface area (Å²) in [6, 6.07) is 10.6. The molecular weight excluding hydrogens is 320 g/mol. The lowest BCUT2D eigenvalue weighted by molar-refractivity contribution is -0.124. The summed E-state index contributed by atoms with van der Waals surface area (Å²) >= 11 is 0. The van der Waals surface area contributed by atoms with Crippen molar-refractivity contribution in [2.24, 2.45) is 0 Å². The Labute approximate surface area is 146 Å². The lowest BCUT2D eigenvalue weighted by Crippen LogP contribution is -2.46. The molecule has 2 amide bonds. The lowest BCUT2D eigenvalue weighted by Gasteiger charge is -2.23. The number of nitrogens with zero attached hydrogens (tertiary/aromatic N) is 1. The average molecular weight is 342 g/mol. The van der Waals surface area contributed by atoms with Crippen LogP contribution in [0, 0.1) is 0 Å². The van der Waals surface area contributed by atoms with Gasteiger partial charge in [0.1, 0.15) is 11.8 Å². The number of amides is 2. The number of ether oxygens (including phenoxy) is 1. The van der Waals surface area contributed by atoms with Crippen molar-refractivity contribution in [3.63, 3.8) is 0 Å². The van der Waals surface area contributed by atoms with E-state index < -0.39 is 6.04 Å². The topological polar surface area (TPSA) is 71.8 Å². The van der Waals surface area contributed by atoms with Crippen molar-refractivity contribution in [1.82, 2.24) is 10.2 Å². The first-order valence-electron chi connectivity index (χ1n) is 8.44. The van der Waals surface area contributed by atoms with E-state index in [1.807, 2.05) is 24.3 Å². The SMILES string of the molecule is COc1ccc(CCNC(=O)C2CCCN2C(=O)c2ccco2)cc1. The second-order valence-corrected chi connectivity index (χ2v) is 6.02. The van der Waals surface area contributed by atoms with Crippen molar-refractivity contribution in [2.75, 3.05) is 20.2 Å². The summed E-state index contributed by atoms with van der Waals surface area (Å²) in [6.45, 7) is 1.11. The zero-order valence-corrected chi connectivity index (χ0v) is 14.2. The number of benzene rings is 1. The number of nitrogens with one attached hydrogen (secondary N) is 1. The van der Waals surface area contributed by atoms with E-state index in [2.05, 4.69) is 5.32 Å². The minimum absolute atomic E-state index is 0.106. The molecule has 1 aromatic heterocycles. The number of likely N-dealkylation sites (tertiary alicyclic amines) is 1. The monoisotopic (exact) mass is 342 g/mol. The highest BCUT2D eigenvalue weighted by Gasteiger charge is 2.35. The number of furan rings is 1. The van der Waals surface area contributed by atoms with Crippen molar-refractivity contribution in [3.8, 4) is 5.75 Å². The van der Waals surface area contributed by atoms with Crippen LogP contribution in [0.5, 0.6) is 5.75 Å². The summed E-state index contributed by atoms with van der Waals surface area (Å²) < 4.78 is 10.3. The Morgan fingerprint density at radius 3 is 2.76 bits per heavy atom. The predicted molar refractivity (Wildman–Crippen MR) is 92.5 cm³/mol. The lowest BCUT2D eigenvalue weighted by atomic mass is 10.1. The van der Waals surface area contributed by atoms with E-state index >= 15 is 0 Å². The average Bonchev–Trinajstić information content (AvgIpc) is 3.33. The Bertz CT molecular complexity index is 710. The van der Waals surface area contributed by atoms with Crippen molar-refractivity contribution in [2.45, 2.75) is 25.3 Å². The standard InChI is InChI=1S/C19H22N2O4/c1-24-15-8-6-14(7-9-15)10-11-20-18(22)16-4-2-12-21(16)19(23)17-5-3-13-25-17/h3,5-9,13,16H,2,4,10-12H2,1H3,(H,20,22). The molecule has 6 heteroatoms. The Morgan fingerprint density at radius 1 is 1.28 bits per heavy atom. The van der Waals surface area contributed by atoms with Crippen molar-refractivity contribution in [3.05, 3.63) is 54.0 Å². The maximum absolute atomic E-state index is 12.5. The highest BCUT2D eigenvalue weighted by molar-refractivity contribution is 5.95. The van der Waals surface area contributed by atoms with Gasteiger partial charge in [-0.15, -0.1) is 0 Å². The predicted octanol–water partition coefficient (Wildman–Crippen LogP) is 2.25. The molecule has 6 nitrogen and oxygen atoms in total. The molecule has 1 atom stereocenters. The van der Waals surface area contributed by atoms with E-state index in [1.165, 1.54) is 6.26 Å². The number of rotatable bonds is 6. The van der Waals surface area contributed by atoms with E-state index in [-0.39, 0.29) is 17.6 Å². The van der Waals surface area contributed by atoms with Gasteiger partial charge in [0.2, 0.25) is 5.91 Å². The third-order valence-electron chi connectivity index (χ3n) is 4.42. The van der Waals surface area contributed by atoms with Crippen LogP contribution in [-0.4, -0.2) is 43.0 Å². The van der Waals surface area contributed by atoms with Gasteiger partial charge in [-0.25, -0.2) is 0 Å². The summed E-state index contributed by atoms with van der Waals surface area (Å²) in [7, 11) is 1.63. The molecule has 2 aromatic rings. The molecule has 1 N–H and O–H groups in total. The van der Waals surface area contributed by atoms with Crippen molar-refractivity contribution < 1.29 is 18.7 Å². The Hall–Kier alpha value is -2.76. The highest BCUT2D eigenvalue weighted by atomic mass is 16.5. The second-order valence-electron chi connectivity index (χ2n) is 6.02. The van der Waals surface area contributed by atoms with Gasteiger partial charge in [0, 0.05) is 13.1 Å². The minimum Gasteiger partial charge on any atom is -0.497 e. The van der Waals surface area contributed by atoms with Crippen LogP contribution in [0.25, 0.3) is 0 Å². The smallest absolute Gasteiger partial charge is 0.290 e. The third-order valence-corrected chi connectivity index (χ3v) is 4.42. The number of carbonyl (C=O) groups excluding carboxylic acids is 2. The van der Waals surface area contributed by atoms with Crippen LogP contribution in [0.3, 0.4) is 0 Å². The zero-order valence-electron chi connectivity index (χ0n) is 14.2. The number of hydrogen-bond acceptors (Lipinski definition) is 4. The van der Waals surface area contributed by atoms with E-state index in [9.17, 15) is 9.59 Å². The van der Waals surface area contributed by atoms with E-state index in [1.54, 1.807) is 24.1 Å². The Balaban J connectivity index is 1.52. The van der Waals surface area contributed by atoms with Crippen LogP contribution >= 0.6 is 0 Å². The largest absolute Gasteiger partial charge is 0.497 e. The molecular formula is C19H22N2O4. The minimum atomic E-state index is -0.423. The molecule has 0 aliphatic carbocycles. The van der Waals surface area contributed by atoms with Crippen LogP contribution in [0.4, 0.5) is 0 Å². The van der Waals surface area contributed by atoms with Crippen LogP contribution in [0.2, 0.25) is 0 Å². The van der Waals surface area contributed by atoms with Crippen LogP contribution in [0.1, 0.15) is 29.0 Å². The van der Waals surface area contributed by atoms with Crippen LogP contribution in [0.15, 0.2) is 47.1 Å². The normalized spacial score (nSPS) is 16.7. The van der Waals surface area contributed by atoms with E-state index in [0.717, 1.165) is 24.2 Å². The maximum atomic E-state index is 12.5. The van der Waals surface area contributed by atoms with Gasteiger partial charge in [-0.1, -0.05) is 12.1 Å². The molecule has 1 fully saturated rings. The van der Waals surface area contributed by atoms with Gasteiger partial charge in [-0.2, -0.15) is 0 Å². The van der Waals surface area contributed by atoms with Gasteiger partial charge < -0.3 is 19.4 Å². The first kappa shape index (κ1) is 17.1. The molecule has 132 valence electrons. The van der Waals surface area contributed by atoms with Gasteiger partial charge >= 0.3 is 0 Å². The molecule has 0 bridgehead atoms. The quantitative estimate of drug-likeness (QED) is 0.874. The molecule has 1 aliphatic rings. The summed E-state index contributed by atoms with van der Waals surface area (Å²) in [5, 5.41) is 2.94. The molecule has 1 aliphatic heterocycles. The Kier molecular flexibility index (Phi) is 5.38. The van der Waals surface area contributed by atoms with Gasteiger partial charge in [0.25, 0.3) is 5.91 Å². The van der Waals surface area contributed by atoms with Crippen molar-refractivity contribution >= 4 is 11.8 Å². The summed E-state index contributed by atoms with van der Waals surface area (Å²) in [5.41, 5.74) is 1.12. The number of methoxy groups -OCH3 is 1. The summed E-state index contributed by atoms with van der Waals surface area (Å²) in [6.07, 6.45) is 3.70. The molecule has 1 saturated heterocycles. The second kappa shape index (κ2) is 7.88. The molecule has 2 heterocycles. The van der Waals surface area contributed by atoms with E-state index in [4.69, 9.17) is 9.15 Å². The fourth-order valence-corrected chi connectivity index (χ4v) is 3.06. The maximum Gasteiger partial charge on any atom is 0.290 e. The molecule has 0 spiro atoms. The van der Waals surface area contributed by atoms with E-state index in [0.29, 0.717) is 19.5 Å². The molecule has 3 rings (SSSR count). The third kappa shape index (κ3) is 4.02. The van der Waals surface area contributed by atoms with Crippen LogP contribution in [-0.2, 0) is 11.2 Å². The summed E-state index contributed by atoms with van der Waals surface area (Å²) in [4.78, 5) is 26.5. The first-order chi connectivity index (χ1) is 12.2. The summed E-state index contributed by atoms with van der Waals surface area (Å²) in [5.74, 6) is 0.757. The van der Waals surface area contributed by atoms with Gasteiger partial charge in [-0.3, -0.25) is 9.59 Å². The van der Waals surface area contributed by atoms with Gasteiger partial charge in [0.05, 0.1) is 13.4 Å². The first-order valence-corrected chi connectivity index (χ1v) is 8.44. The van der Waals surface area contributed by atoms with Gasteiger partial charge in [-0.05, 0) is 49.1 Å². The van der Waals surface area contributed by atoms with Crippen molar-refractivity contribution in [1.29, 1.82) is 0 Å². The fraction of sp³-hybridized carbons (Fsp3) is 0.368. The van der Waals surface area contributed by atoms with Crippen LogP contribution < -0.4 is 10.1 Å². The number of hydrogen-bond donors (Lipinski definition) is 1.